The van der Waals surface area contributed by atoms with E-state index in [-0.39, 0.29) is 0 Å². The topological polar surface area (TPSA) is 50.7 Å². The van der Waals surface area contributed by atoms with Gasteiger partial charge in [0.15, 0.2) is 11.5 Å². The highest BCUT2D eigenvalue weighted by atomic mass is 32.1. The Morgan fingerprint density at radius 1 is 1.19 bits per heavy atom. The largest absolute Gasteiger partial charge is 0.490 e. The van der Waals surface area contributed by atoms with Crippen LogP contribution in [0.15, 0.2) is 35.7 Å². The molecule has 3 rings (SSSR count). The van der Waals surface area contributed by atoms with E-state index in [9.17, 15) is 5.11 Å². The van der Waals surface area contributed by atoms with Gasteiger partial charge in [-0.05, 0) is 29.1 Å². The molecule has 0 fully saturated rings. The number of thiophene rings is 1. The van der Waals surface area contributed by atoms with Crippen molar-refractivity contribution in [1.29, 1.82) is 0 Å². The lowest BCUT2D eigenvalue weighted by molar-refractivity contribution is 0.174. The molecule has 0 amide bonds. The summed E-state index contributed by atoms with van der Waals surface area (Å²) in [5.74, 6) is 1.48. The molecular formula is C16H19NO3S. The lowest BCUT2D eigenvalue weighted by atomic mass is 10.1. The van der Waals surface area contributed by atoms with Crippen molar-refractivity contribution in [1.82, 2.24) is 5.32 Å². The molecule has 0 aliphatic carbocycles. The number of benzene rings is 1. The minimum absolute atomic E-state index is 0.511. The normalized spacial score (nSPS) is 15.5. The highest BCUT2D eigenvalue weighted by molar-refractivity contribution is 7.09. The van der Waals surface area contributed by atoms with E-state index in [1.54, 1.807) is 11.3 Å². The summed E-state index contributed by atoms with van der Waals surface area (Å²) in [5.41, 5.74) is 0.845. The fraction of sp³-hybridized carbons (Fsp3) is 0.375. The zero-order chi connectivity index (χ0) is 14.5. The molecule has 1 aromatic carbocycles. The molecule has 0 saturated heterocycles. The highest BCUT2D eigenvalue weighted by Crippen LogP contribution is 2.32. The Morgan fingerprint density at radius 2 is 2.05 bits per heavy atom. The second kappa shape index (κ2) is 6.93. The Kier molecular flexibility index (Phi) is 4.75. The van der Waals surface area contributed by atoms with E-state index < -0.39 is 6.10 Å². The summed E-state index contributed by atoms with van der Waals surface area (Å²) in [5, 5.41) is 15.6. The number of rotatable bonds is 5. The van der Waals surface area contributed by atoms with Crippen molar-refractivity contribution in [3.05, 3.63) is 46.2 Å². The third-order valence-electron chi connectivity index (χ3n) is 3.37. The van der Waals surface area contributed by atoms with Crippen LogP contribution in [0.2, 0.25) is 0 Å². The number of hydrogen-bond donors (Lipinski definition) is 2. The van der Waals surface area contributed by atoms with Crippen molar-refractivity contribution in [3.8, 4) is 11.5 Å². The first-order chi connectivity index (χ1) is 10.3. The van der Waals surface area contributed by atoms with Crippen LogP contribution in [0.3, 0.4) is 0 Å². The van der Waals surface area contributed by atoms with Gasteiger partial charge in [0.2, 0.25) is 0 Å². The van der Waals surface area contributed by atoms with Crippen LogP contribution in [-0.4, -0.2) is 24.9 Å². The zero-order valence-corrected chi connectivity index (χ0v) is 12.6. The van der Waals surface area contributed by atoms with Crippen molar-refractivity contribution < 1.29 is 14.6 Å². The van der Waals surface area contributed by atoms with Crippen LogP contribution in [0.1, 0.15) is 23.0 Å². The van der Waals surface area contributed by atoms with Gasteiger partial charge in [0.1, 0.15) is 0 Å². The van der Waals surface area contributed by atoms with E-state index in [4.69, 9.17) is 9.47 Å². The van der Waals surface area contributed by atoms with E-state index in [0.29, 0.717) is 19.8 Å². The monoisotopic (exact) mass is 305 g/mol. The Labute approximate surface area is 128 Å². The average Bonchev–Trinajstić information content (AvgIpc) is 2.90. The minimum Gasteiger partial charge on any atom is -0.490 e. The third-order valence-corrected chi connectivity index (χ3v) is 4.25. The Hall–Kier alpha value is -1.56. The van der Waals surface area contributed by atoms with Gasteiger partial charge in [-0.1, -0.05) is 12.1 Å². The quantitative estimate of drug-likeness (QED) is 0.892. The SMILES string of the molecule is OC(CNCc1cccs1)c1ccc2c(c1)OCCCO2. The van der Waals surface area contributed by atoms with E-state index >= 15 is 0 Å². The maximum atomic E-state index is 10.3. The smallest absolute Gasteiger partial charge is 0.161 e. The van der Waals surface area contributed by atoms with Crippen molar-refractivity contribution in [2.24, 2.45) is 0 Å². The van der Waals surface area contributed by atoms with Gasteiger partial charge >= 0.3 is 0 Å². The molecule has 0 saturated carbocycles. The van der Waals surface area contributed by atoms with Gasteiger partial charge in [-0.3, -0.25) is 0 Å². The fourth-order valence-electron chi connectivity index (χ4n) is 2.25. The molecule has 1 aromatic heterocycles. The third kappa shape index (κ3) is 3.75. The molecule has 2 heterocycles. The van der Waals surface area contributed by atoms with E-state index in [2.05, 4.69) is 16.8 Å². The van der Waals surface area contributed by atoms with E-state index in [1.165, 1.54) is 4.88 Å². The fourth-order valence-corrected chi connectivity index (χ4v) is 2.92. The Balaban J connectivity index is 1.59. The van der Waals surface area contributed by atoms with Gasteiger partial charge in [-0.2, -0.15) is 0 Å². The standard InChI is InChI=1S/C16H19NO3S/c18-14(11-17-10-13-3-1-8-21-13)12-4-5-15-16(9-12)20-7-2-6-19-15/h1,3-5,8-9,14,17-18H,2,6-7,10-11H2. The van der Waals surface area contributed by atoms with Gasteiger partial charge in [-0.25, -0.2) is 0 Å². The molecule has 1 aliphatic heterocycles. The van der Waals surface area contributed by atoms with Crippen molar-refractivity contribution >= 4 is 11.3 Å². The molecule has 112 valence electrons. The molecule has 5 heteroatoms. The van der Waals surface area contributed by atoms with Gasteiger partial charge in [0, 0.05) is 24.4 Å². The van der Waals surface area contributed by atoms with Crippen molar-refractivity contribution in [3.63, 3.8) is 0 Å². The molecule has 1 atom stereocenters. The molecule has 0 spiro atoms. The lowest BCUT2D eigenvalue weighted by Crippen LogP contribution is -2.20. The van der Waals surface area contributed by atoms with Crippen LogP contribution >= 0.6 is 11.3 Å². The van der Waals surface area contributed by atoms with Gasteiger partial charge in [0.25, 0.3) is 0 Å². The number of aliphatic hydroxyl groups is 1. The maximum absolute atomic E-state index is 10.3. The summed E-state index contributed by atoms with van der Waals surface area (Å²) in [7, 11) is 0. The first-order valence-corrected chi connectivity index (χ1v) is 8.01. The molecule has 0 radical (unpaired) electrons. The summed E-state index contributed by atoms with van der Waals surface area (Å²) < 4.78 is 11.2. The molecular weight excluding hydrogens is 286 g/mol. The Bertz CT molecular complexity index is 571. The second-order valence-corrected chi connectivity index (χ2v) is 6.01. The zero-order valence-electron chi connectivity index (χ0n) is 11.7. The molecule has 0 bridgehead atoms. The van der Waals surface area contributed by atoms with Crippen LogP contribution < -0.4 is 14.8 Å². The Morgan fingerprint density at radius 3 is 2.86 bits per heavy atom. The molecule has 21 heavy (non-hydrogen) atoms. The average molecular weight is 305 g/mol. The number of ether oxygens (including phenoxy) is 2. The molecule has 2 N–H and O–H groups in total. The number of fused-ring (bicyclic) bond motifs is 1. The molecule has 2 aromatic rings. The number of aliphatic hydroxyl groups excluding tert-OH is 1. The second-order valence-electron chi connectivity index (χ2n) is 4.98. The van der Waals surface area contributed by atoms with Crippen LogP contribution in [0, 0.1) is 0 Å². The van der Waals surface area contributed by atoms with Crippen LogP contribution in [0.25, 0.3) is 0 Å². The maximum Gasteiger partial charge on any atom is 0.161 e. The van der Waals surface area contributed by atoms with Gasteiger partial charge < -0.3 is 19.9 Å². The number of hydrogen-bond acceptors (Lipinski definition) is 5. The first kappa shape index (κ1) is 14.4. The molecule has 1 unspecified atom stereocenters. The summed E-state index contributed by atoms with van der Waals surface area (Å²) in [4.78, 5) is 1.26. The molecule has 4 nitrogen and oxygen atoms in total. The van der Waals surface area contributed by atoms with Crippen LogP contribution in [-0.2, 0) is 6.54 Å². The predicted molar refractivity (Wildman–Crippen MR) is 83.0 cm³/mol. The van der Waals surface area contributed by atoms with Gasteiger partial charge in [0.05, 0.1) is 19.3 Å². The molecule has 1 aliphatic rings. The van der Waals surface area contributed by atoms with E-state index in [1.807, 2.05) is 24.3 Å². The van der Waals surface area contributed by atoms with E-state index in [0.717, 1.165) is 30.0 Å². The van der Waals surface area contributed by atoms with Crippen molar-refractivity contribution in [2.75, 3.05) is 19.8 Å². The summed E-state index contributed by atoms with van der Waals surface area (Å²) in [6.45, 7) is 2.62. The van der Waals surface area contributed by atoms with Crippen LogP contribution in [0.5, 0.6) is 11.5 Å². The summed E-state index contributed by atoms with van der Waals surface area (Å²) in [6, 6.07) is 9.75. The summed E-state index contributed by atoms with van der Waals surface area (Å²) in [6.07, 6.45) is 0.330. The van der Waals surface area contributed by atoms with Gasteiger partial charge in [-0.15, -0.1) is 11.3 Å². The predicted octanol–water partition coefficient (Wildman–Crippen LogP) is 2.73. The number of nitrogens with one attached hydrogen (secondary N) is 1. The highest BCUT2D eigenvalue weighted by Gasteiger charge is 2.14. The first-order valence-electron chi connectivity index (χ1n) is 7.13. The van der Waals surface area contributed by atoms with Crippen molar-refractivity contribution in [2.45, 2.75) is 19.1 Å². The minimum atomic E-state index is -0.554. The lowest BCUT2D eigenvalue weighted by Gasteiger charge is -2.14. The van der Waals surface area contributed by atoms with Crippen LogP contribution in [0.4, 0.5) is 0 Å². The summed E-state index contributed by atoms with van der Waals surface area (Å²) >= 11 is 1.71.